The Kier molecular flexibility index (Phi) is 6.10. The zero-order valence-corrected chi connectivity index (χ0v) is 17.5. The van der Waals surface area contributed by atoms with Crippen molar-refractivity contribution in [2.24, 2.45) is 0 Å². The molecule has 4 aromatic rings. The first-order chi connectivity index (χ1) is 15.2. The topological polar surface area (TPSA) is 122 Å². The first kappa shape index (κ1) is 20.4. The molecular formula is C22H21N7OS. The molecule has 31 heavy (non-hydrogen) atoms. The third-order valence-corrected chi connectivity index (χ3v) is 5.76. The van der Waals surface area contributed by atoms with E-state index in [9.17, 15) is 10.1 Å². The van der Waals surface area contributed by atoms with Gasteiger partial charge in [-0.15, -0.1) is 11.3 Å². The van der Waals surface area contributed by atoms with Crippen molar-refractivity contribution in [2.45, 2.75) is 19.4 Å². The molecule has 0 saturated heterocycles. The Morgan fingerprint density at radius 1 is 1.13 bits per heavy atom. The molecule has 2 aromatic heterocycles. The Hall–Kier alpha value is -3.90. The van der Waals surface area contributed by atoms with E-state index in [0.717, 1.165) is 20.9 Å². The van der Waals surface area contributed by atoms with Crippen LogP contribution in [0.2, 0.25) is 0 Å². The number of nitrogens with one attached hydrogen (secondary N) is 2. The fourth-order valence-electron chi connectivity index (χ4n) is 3.21. The molecule has 0 radical (unpaired) electrons. The highest BCUT2D eigenvalue weighted by molar-refractivity contribution is 7.18. The number of nitrogen functional groups attached to an aromatic ring is 1. The minimum Gasteiger partial charge on any atom is -0.382 e. The Labute approximate surface area is 183 Å². The van der Waals surface area contributed by atoms with Gasteiger partial charge in [0.05, 0.1) is 28.1 Å². The molecule has 0 fully saturated rings. The minimum atomic E-state index is -0.255. The average molecular weight is 432 g/mol. The summed E-state index contributed by atoms with van der Waals surface area (Å²) in [7, 11) is 0. The number of fused-ring (bicyclic) bond motifs is 1. The average Bonchev–Trinajstić information content (AvgIpc) is 3.36. The van der Waals surface area contributed by atoms with Crippen molar-refractivity contribution in [2.75, 3.05) is 12.3 Å². The van der Waals surface area contributed by atoms with Crippen LogP contribution in [-0.2, 0) is 13.0 Å². The molecule has 0 aliphatic rings. The minimum absolute atomic E-state index is 0.255. The number of nitrogens with zero attached hydrogens (tertiary/aromatic N) is 4. The van der Waals surface area contributed by atoms with Gasteiger partial charge in [0.1, 0.15) is 22.5 Å². The number of hydrogen-bond donors (Lipinski definition) is 3. The molecule has 8 nitrogen and oxygen atoms in total. The number of benzene rings is 2. The standard InChI is InChI=1S/C22H21N7OS/c23-13-16-17(28-29(21(16)24)15-7-2-1-3-8-15)10-6-12-25-22(30)26-14-20-27-18-9-4-5-11-19(18)31-20/h1-5,7-9,11H,6,10,12,14,24H2,(H2,25,26,30). The Balaban J connectivity index is 1.27. The fourth-order valence-corrected chi connectivity index (χ4v) is 4.12. The smallest absolute Gasteiger partial charge is 0.315 e. The van der Waals surface area contributed by atoms with E-state index >= 15 is 0 Å². The van der Waals surface area contributed by atoms with E-state index in [1.54, 1.807) is 16.0 Å². The lowest BCUT2D eigenvalue weighted by atomic mass is 10.1. The summed E-state index contributed by atoms with van der Waals surface area (Å²) in [5, 5.41) is 20.5. The largest absolute Gasteiger partial charge is 0.382 e. The molecule has 0 bridgehead atoms. The van der Waals surface area contributed by atoms with Crippen molar-refractivity contribution in [3.05, 3.63) is 70.9 Å². The molecule has 4 rings (SSSR count). The second-order valence-corrected chi connectivity index (χ2v) is 7.97. The number of para-hydroxylation sites is 2. The summed E-state index contributed by atoms with van der Waals surface area (Å²) in [5.74, 6) is 0.324. The maximum absolute atomic E-state index is 12.1. The van der Waals surface area contributed by atoms with Crippen molar-refractivity contribution in [1.82, 2.24) is 25.4 Å². The summed E-state index contributed by atoms with van der Waals surface area (Å²) in [6, 6.07) is 19.2. The lowest BCUT2D eigenvalue weighted by Crippen LogP contribution is -2.35. The first-order valence-corrected chi connectivity index (χ1v) is 10.7. The molecule has 2 amide bonds. The molecule has 0 aliphatic carbocycles. The van der Waals surface area contributed by atoms with Crippen molar-refractivity contribution in [1.29, 1.82) is 5.26 Å². The summed E-state index contributed by atoms with van der Waals surface area (Å²) >= 11 is 1.56. The number of carbonyl (C=O) groups is 1. The lowest BCUT2D eigenvalue weighted by molar-refractivity contribution is 0.240. The van der Waals surface area contributed by atoms with Crippen molar-refractivity contribution < 1.29 is 4.79 Å². The Morgan fingerprint density at radius 3 is 2.68 bits per heavy atom. The Bertz CT molecular complexity index is 1210. The van der Waals surface area contributed by atoms with Gasteiger partial charge in [-0.1, -0.05) is 30.3 Å². The van der Waals surface area contributed by atoms with Gasteiger partial charge < -0.3 is 16.4 Å². The van der Waals surface area contributed by atoms with Gasteiger partial charge in [-0.25, -0.2) is 14.5 Å². The number of aryl methyl sites for hydroxylation is 1. The van der Waals surface area contributed by atoms with Gasteiger partial charge in [-0.2, -0.15) is 10.4 Å². The molecule has 0 saturated carbocycles. The molecule has 0 aliphatic heterocycles. The third-order valence-electron chi connectivity index (χ3n) is 4.72. The van der Waals surface area contributed by atoms with E-state index in [-0.39, 0.29) is 6.03 Å². The van der Waals surface area contributed by atoms with Crippen molar-refractivity contribution in [3.63, 3.8) is 0 Å². The SMILES string of the molecule is N#Cc1c(CCCNC(=O)NCc2nc3ccccc3s2)nn(-c2ccccc2)c1N. The first-order valence-electron chi connectivity index (χ1n) is 9.84. The third kappa shape index (κ3) is 4.65. The van der Waals surface area contributed by atoms with Crippen molar-refractivity contribution >= 4 is 33.4 Å². The number of nitrogens with two attached hydrogens (primary N) is 1. The highest BCUT2D eigenvalue weighted by Crippen LogP contribution is 2.22. The van der Waals surface area contributed by atoms with Gasteiger partial charge in [0.25, 0.3) is 0 Å². The second kappa shape index (κ2) is 9.28. The number of aromatic nitrogens is 3. The predicted octanol–water partition coefficient (Wildman–Crippen LogP) is 3.37. The highest BCUT2D eigenvalue weighted by Gasteiger charge is 2.16. The molecule has 4 N–H and O–H groups in total. The summed E-state index contributed by atoms with van der Waals surface area (Å²) in [6.07, 6.45) is 1.17. The van der Waals surface area contributed by atoms with Gasteiger partial charge in [0, 0.05) is 6.54 Å². The van der Waals surface area contributed by atoms with Crippen LogP contribution in [0.15, 0.2) is 54.6 Å². The molecule has 2 aromatic carbocycles. The maximum atomic E-state index is 12.1. The quantitative estimate of drug-likeness (QED) is 0.387. The molecule has 9 heteroatoms. The number of anilines is 1. The van der Waals surface area contributed by atoms with E-state index < -0.39 is 0 Å². The van der Waals surface area contributed by atoms with E-state index in [4.69, 9.17) is 5.73 Å². The number of urea groups is 1. The monoisotopic (exact) mass is 431 g/mol. The highest BCUT2D eigenvalue weighted by atomic mass is 32.1. The zero-order valence-electron chi connectivity index (χ0n) is 16.7. The van der Waals surface area contributed by atoms with Crippen LogP contribution in [0.5, 0.6) is 0 Å². The van der Waals surface area contributed by atoms with Gasteiger partial charge in [0.15, 0.2) is 0 Å². The van der Waals surface area contributed by atoms with E-state index in [2.05, 4.69) is 26.8 Å². The molecule has 0 spiro atoms. The van der Waals surface area contributed by atoms with Gasteiger partial charge in [-0.05, 0) is 37.1 Å². The number of rotatable bonds is 7. The summed E-state index contributed by atoms with van der Waals surface area (Å²) < 4.78 is 2.67. The lowest BCUT2D eigenvalue weighted by Gasteiger charge is -2.05. The number of hydrogen-bond acceptors (Lipinski definition) is 6. The van der Waals surface area contributed by atoms with Crippen LogP contribution in [-0.4, -0.2) is 27.3 Å². The van der Waals surface area contributed by atoms with E-state index in [1.165, 1.54) is 0 Å². The number of carbonyl (C=O) groups excluding carboxylic acids is 1. The molecule has 0 atom stereocenters. The summed E-state index contributed by atoms with van der Waals surface area (Å²) in [4.78, 5) is 16.6. The zero-order chi connectivity index (χ0) is 21.6. The normalized spacial score (nSPS) is 10.7. The van der Waals surface area contributed by atoms with Gasteiger partial charge >= 0.3 is 6.03 Å². The predicted molar refractivity (Wildman–Crippen MR) is 121 cm³/mol. The van der Waals surface area contributed by atoms with Crippen LogP contribution in [0.4, 0.5) is 10.6 Å². The second-order valence-electron chi connectivity index (χ2n) is 6.85. The van der Waals surface area contributed by atoms with Crippen LogP contribution in [0.3, 0.4) is 0 Å². The van der Waals surface area contributed by atoms with Crippen LogP contribution in [0.25, 0.3) is 15.9 Å². The van der Waals surface area contributed by atoms with E-state index in [0.29, 0.717) is 43.0 Å². The van der Waals surface area contributed by atoms with Gasteiger partial charge in [0.2, 0.25) is 0 Å². The number of amides is 2. The van der Waals surface area contributed by atoms with Gasteiger partial charge in [-0.3, -0.25) is 0 Å². The van der Waals surface area contributed by atoms with Crippen LogP contribution >= 0.6 is 11.3 Å². The fraction of sp³-hybridized carbons (Fsp3) is 0.182. The Morgan fingerprint density at radius 2 is 1.90 bits per heavy atom. The summed E-state index contributed by atoms with van der Waals surface area (Å²) in [5.41, 5.74) is 8.86. The van der Waals surface area contributed by atoms with Crippen LogP contribution in [0.1, 0.15) is 22.7 Å². The molecule has 0 unspecified atom stereocenters. The van der Waals surface area contributed by atoms with Crippen LogP contribution in [0, 0.1) is 11.3 Å². The van der Waals surface area contributed by atoms with E-state index in [1.807, 2.05) is 54.6 Å². The molecule has 156 valence electrons. The maximum Gasteiger partial charge on any atom is 0.315 e. The molecular weight excluding hydrogens is 410 g/mol. The van der Waals surface area contributed by atoms with Crippen molar-refractivity contribution in [3.8, 4) is 11.8 Å². The molecule has 2 heterocycles. The number of thiazole rings is 1. The number of nitriles is 1. The summed E-state index contributed by atoms with van der Waals surface area (Å²) in [6.45, 7) is 0.830. The van der Waals surface area contributed by atoms with Crippen LogP contribution < -0.4 is 16.4 Å².